The number of likely N-dealkylation sites (tertiary alicyclic amines) is 1. The molecule has 2 aliphatic rings. The van der Waals surface area contributed by atoms with Crippen LogP contribution in [0.25, 0.3) is 0 Å². The first-order valence-corrected chi connectivity index (χ1v) is 13.7. The fourth-order valence-corrected chi connectivity index (χ4v) is 5.12. The normalized spacial score (nSPS) is 19.6. The molecule has 3 amide bonds. The standard InChI is InChI=1S/C27H43N5O5/c1-4-37-17-16-31(15-6-5-9-22-13-12-21-8-7-14-28-25(21)29-22)24(33)18-23(26(34)35)30-27(36)32-19(2)10-11-20(32)3/h12-13,19-20,23H,4-11,14-18H2,1-3H3,(H,28,29)(H,30,36)(H,34,35). The number of amides is 3. The third-order valence-corrected chi connectivity index (χ3v) is 7.29. The second-order valence-corrected chi connectivity index (χ2v) is 10.1. The number of hydrogen-bond acceptors (Lipinski definition) is 6. The molecule has 37 heavy (non-hydrogen) atoms. The van der Waals surface area contributed by atoms with Gasteiger partial charge in [-0.25, -0.2) is 14.6 Å². The number of carboxylic acids is 1. The molecule has 3 unspecified atom stereocenters. The minimum absolute atomic E-state index is 0.0447. The van der Waals surface area contributed by atoms with Crippen LogP contribution in [0.3, 0.4) is 0 Å². The number of carbonyl (C=O) groups excluding carboxylic acids is 2. The number of aromatic nitrogens is 1. The van der Waals surface area contributed by atoms with Crippen molar-refractivity contribution in [2.75, 3.05) is 38.2 Å². The van der Waals surface area contributed by atoms with Gasteiger partial charge in [-0.3, -0.25) is 4.79 Å². The van der Waals surface area contributed by atoms with E-state index in [1.54, 1.807) is 9.80 Å². The molecule has 3 atom stereocenters. The third-order valence-electron chi connectivity index (χ3n) is 7.29. The number of nitrogens with one attached hydrogen (secondary N) is 2. The maximum atomic E-state index is 13.1. The quantitative estimate of drug-likeness (QED) is 0.344. The number of urea groups is 1. The molecule has 206 valence electrons. The average molecular weight is 518 g/mol. The van der Waals surface area contributed by atoms with Gasteiger partial charge in [0.1, 0.15) is 11.9 Å². The van der Waals surface area contributed by atoms with Crippen molar-refractivity contribution in [3.63, 3.8) is 0 Å². The van der Waals surface area contributed by atoms with Gasteiger partial charge in [-0.2, -0.15) is 0 Å². The number of ether oxygens (including phenoxy) is 1. The van der Waals surface area contributed by atoms with Gasteiger partial charge < -0.3 is 30.3 Å². The summed E-state index contributed by atoms with van der Waals surface area (Å²) in [5, 5.41) is 15.7. The molecule has 0 spiro atoms. The summed E-state index contributed by atoms with van der Waals surface area (Å²) in [4.78, 5) is 45.9. The smallest absolute Gasteiger partial charge is 0.326 e. The van der Waals surface area contributed by atoms with Gasteiger partial charge >= 0.3 is 12.0 Å². The van der Waals surface area contributed by atoms with Crippen LogP contribution in [0.5, 0.6) is 0 Å². The number of nitrogens with zero attached hydrogens (tertiary/aromatic N) is 3. The summed E-state index contributed by atoms with van der Waals surface area (Å²) < 4.78 is 5.45. The molecule has 3 heterocycles. The molecule has 3 N–H and O–H groups in total. The fraction of sp³-hybridized carbons (Fsp3) is 0.704. The largest absolute Gasteiger partial charge is 0.480 e. The topological polar surface area (TPSA) is 124 Å². The van der Waals surface area contributed by atoms with Gasteiger partial charge in [0.05, 0.1) is 13.0 Å². The van der Waals surface area contributed by atoms with Crippen molar-refractivity contribution in [2.45, 2.75) is 90.3 Å². The number of carbonyl (C=O) groups is 3. The van der Waals surface area contributed by atoms with Crippen molar-refractivity contribution >= 4 is 23.7 Å². The van der Waals surface area contributed by atoms with Gasteiger partial charge in [0.15, 0.2) is 0 Å². The Bertz CT molecular complexity index is 916. The molecule has 1 aromatic rings. The molecule has 0 saturated carbocycles. The first-order chi connectivity index (χ1) is 17.8. The number of hydrogen-bond donors (Lipinski definition) is 3. The Morgan fingerprint density at radius 3 is 2.68 bits per heavy atom. The molecule has 2 aliphatic heterocycles. The number of aliphatic carboxylic acids is 1. The Kier molecular flexibility index (Phi) is 11.0. The van der Waals surface area contributed by atoms with Crippen LogP contribution in [0, 0.1) is 0 Å². The molecule has 1 saturated heterocycles. The molecule has 1 fully saturated rings. The number of fused-ring (bicyclic) bond motifs is 1. The molecule has 10 nitrogen and oxygen atoms in total. The van der Waals surface area contributed by atoms with E-state index in [1.165, 1.54) is 5.56 Å². The van der Waals surface area contributed by atoms with Gasteiger partial charge in [-0.1, -0.05) is 6.07 Å². The number of pyridine rings is 1. The lowest BCUT2D eigenvalue weighted by molar-refractivity contribution is -0.143. The van der Waals surface area contributed by atoms with E-state index in [4.69, 9.17) is 9.72 Å². The molecule has 10 heteroatoms. The molecule has 3 rings (SSSR count). The number of rotatable bonds is 13. The molecule has 0 radical (unpaired) electrons. The highest BCUT2D eigenvalue weighted by Gasteiger charge is 2.34. The summed E-state index contributed by atoms with van der Waals surface area (Å²) in [5.74, 6) is -0.527. The van der Waals surface area contributed by atoms with E-state index in [-0.39, 0.29) is 24.4 Å². The summed E-state index contributed by atoms with van der Waals surface area (Å²) >= 11 is 0. The zero-order chi connectivity index (χ0) is 26.8. The second kappa shape index (κ2) is 14.2. The van der Waals surface area contributed by atoms with Crippen LogP contribution in [0.4, 0.5) is 10.6 Å². The lowest BCUT2D eigenvalue weighted by Gasteiger charge is -2.29. The van der Waals surface area contributed by atoms with E-state index in [9.17, 15) is 19.5 Å². The zero-order valence-electron chi connectivity index (χ0n) is 22.5. The Hall–Kier alpha value is -2.88. The summed E-state index contributed by atoms with van der Waals surface area (Å²) in [6, 6.07) is 2.61. The Morgan fingerprint density at radius 2 is 1.97 bits per heavy atom. The van der Waals surface area contributed by atoms with Crippen molar-refractivity contribution in [2.24, 2.45) is 0 Å². The Morgan fingerprint density at radius 1 is 1.22 bits per heavy atom. The zero-order valence-corrected chi connectivity index (χ0v) is 22.5. The summed E-state index contributed by atoms with van der Waals surface area (Å²) in [5.41, 5.74) is 2.29. The highest BCUT2D eigenvalue weighted by Crippen LogP contribution is 2.23. The highest BCUT2D eigenvalue weighted by molar-refractivity contribution is 5.88. The molecule has 0 bridgehead atoms. The van der Waals surface area contributed by atoms with Crippen LogP contribution in [0.15, 0.2) is 12.1 Å². The van der Waals surface area contributed by atoms with E-state index in [2.05, 4.69) is 22.8 Å². The SMILES string of the molecule is CCOCCN(CCCCc1ccc2c(n1)NCCC2)C(=O)CC(NC(=O)N1C(C)CCC1C)C(=O)O. The third kappa shape index (κ3) is 8.31. The van der Waals surface area contributed by atoms with E-state index < -0.39 is 18.0 Å². The van der Waals surface area contributed by atoms with Gasteiger partial charge in [-0.15, -0.1) is 0 Å². The van der Waals surface area contributed by atoms with Crippen LogP contribution < -0.4 is 10.6 Å². The van der Waals surface area contributed by atoms with E-state index in [0.29, 0.717) is 26.3 Å². The van der Waals surface area contributed by atoms with Crippen LogP contribution >= 0.6 is 0 Å². The van der Waals surface area contributed by atoms with E-state index in [1.807, 2.05) is 20.8 Å². The van der Waals surface area contributed by atoms with Crippen LogP contribution in [0.1, 0.15) is 70.6 Å². The Balaban J connectivity index is 1.53. The predicted molar refractivity (Wildman–Crippen MR) is 142 cm³/mol. The lowest BCUT2D eigenvalue weighted by Crippen LogP contribution is -2.52. The predicted octanol–water partition coefficient (Wildman–Crippen LogP) is 3.05. The van der Waals surface area contributed by atoms with Gasteiger partial charge in [0.2, 0.25) is 5.91 Å². The molecular formula is C27H43N5O5. The monoisotopic (exact) mass is 517 g/mol. The van der Waals surface area contributed by atoms with Gasteiger partial charge in [0.25, 0.3) is 0 Å². The number of carboxylic acid groups (broad SMARTS) is 1. The van der Waals surface area contributed by atoms with Crippen LogP contribution in [0.2, 0.25) is 0 Å². The number of anilines is 1. The summed E-state index contributed by atoms with van der Waals surface area (Å²) in [7, 11) is 0. The molecule has 0 aliphatic carbocycles. The summed E-state index contributed by atoms with van der Waals surface area (Å²) in [6.07, 6.45) is 6.08. The van der Waals surface area contributed by atoms with Gasteiger partial charge in [0, 0.05) is 44.0 Å². The van der Waals surface area contributed by atoms with Crippen molar-refractivity contribution in [1.82, 2.24) is 20.1 Å². The van der Waals surface area contributed by atoms with Crippen molar-refractivity contribution in [3.05, 3.63) is 23.4 Å². The van der Waals surface area contributed by atoms with Crippen LogP contribution in [-0.4, -0.2) is 88.8 Å². The van der Waals surface area contributed by atoms with E-state index >= 15 is 0 Å². The lowest BCUT2D eigenvalue weighted by atomic mass is 10.1. The van der Waals surface area contributed by atoms with Gasteiger partial charge in [-0.05, 0) is 77.3 Å². The first kappa shape index (κ1) is 28.7. The first-order valence-electron chi connectivity index (χ1n) is 13.7. The Labute approximate surface area is 220 Å². The van der Waals surface area contributed by atoms with Crippen molar-refractivity contribution < 1.29 is 24.2 Å². The fourth-order valence-electron chi connectivity index (χ4n) is 5.12. The number of aryl methyl sites for hydroxylation is 2. The maximum absolute atomic E-state index is 13.1. The number of unbranched alkanes of at least 4 members (excludes halogenated alkanes) is 1. The van der Waals surface area contributed by atoms with Crippen molar-refractivity contribution in [3.8, 4) is 0 Å². The van der Waals surface area contributed by atoms with Crippen LogP contribution in [-0.2, 0) is 27.2 Å². The second-order valence-electron chi connectivity index (χ2n) is 10.1. The maximum Gasteiger partial charge on any atom is 0.326 e. The minimum atomic E-state index is -1.28. The molecule has 1 aromatic heterocycles. The van der Waals surface area contributed by atoms with Crippen molar-refractivity contribution in [1.29, 1.82) is 0 Å². The minimum Gasteiger partial charge on any atom is -0.480 e. The summed E-state index contributed by atoms with van der Waals surface area (Å²) in [6.45, 7) is 8.56. The highest BCUT2D eigenvalue weighted by atomic mass is 16.5. The average Bonchev–Trinajstić information content (AvgIpc) is 3.22. The molecular weight excluding hydrogens is 474 g/mol. The molecule has 0 aromatic carbocycles. The van der Waals surface area contributed by atoms with E-state index in [0.717, 1.165) is 63.0 Å².